The summed E-state index contributed by atoms with van der Waals surface area (Å²) in [7, 11) is -3.74. The maximum Gasteiger partial charge on any atom is 0.206 e. The second kappa shape index (κ2) is 9.45. The molecule has 0 aliphatic heterocycles. The first-order chi connectivity index (χ1) is 21.1. The summed E-state index contributed by atoms with van der Waals surface area (Å²) in [6, 6.07) is 46.7. The zero-order chi connectivity index (χ0) is 29.1. The topological polar surface area (TPSA) is 67.8 Å². The highest BCUT2D eigenvalue weighted by Crippen LogP contribution is 2.41. The Morgan fingerprint density at radius 2 is 1.05 bits per heavy atom. The van der Waals surface area contributed by atoms with Gasteiger partial charge >= 0.3 is 0 Å². The first kappa shape index (κ1) is 25.1. The molecule has 204 valence electrons. The van der Waals surface area contributed by atoms with E-state index in [1.165, 1.54) is 35.0 Å². The lowest BCUT2D eigenvalue weighted by molar-refractivity contribution is 0.596. The van der Waals surface area contributed by atoms with Gasteiger partial charge in [0, 0.05) is 32.9 Å². The summed E-state index contributed by atoms with van der Waals surface area (Å²) in [5.74, 6) is 0. The van der Waals surface area contributed by atoms with Crippen LogP contribution in [0, 0.1) is 11.3 Å². The Labute approximate surface area is 248 Å². The van der Waals surface area contributed by atoms with Gasteiger partial charge in [-0.15, -0.1) is 0 Å². The Balaban J connectivity index is 1.38. The Morgan fingerprint density at radius 3 is 1.72 bits per heavy atom. The fraction of sp³-hybridized carbons (Fsp3) is 0. The van der Waals surface area contributed by atoms with Crippen molar-refractivity contribution in [2.75, 3.05) is 0 Å². The average Bonchev–Trinajstić information content (AvgIpc) is 3.58. The van der Waals surface area contributed by atoms with Crippen LogP contribution in [0.1, 0.15) is 5.56 Å². The number of hydrogen-bond acceptors (Lipinski definition) is 3. The third-order valence-electron chi connectivity index (χ3n) is 8.18. The zero-order valence-corrected chi connectivity index (χ0v) is 23.7. The van der Waals surface area contributed by atoms with Crippen LogP contribution < -0.4 is 0 Å². The molecule has 0 amide bonds. The molecule has 2 aromatic heterocycles. The number of rotatable bonds is 4. The fourth-order valence-electron chi connectivity index (χ4n) is 6.25. The van der Waals surface area contributed by atoms with Gasteiger partial charge in [0.2, 0.25) is 9.84 Å². The van der Waals surface area contributed by atoms with Gasteiger partial charge in [-0.25, -0.2) is 8.42 Å². The molecule has 5 nitrogen and oxygen atoms in total. The van der Waals surface area contributed by atoms with Crippen molar-refractivity contribution in [3.05, 3.63) is 145 Å². The van der Waals surface area contributed by atoms with Crippen molar-refractivity contribution < 1.29 is 8.42 Å². The zero-order valence-electron chi connectivity index (χ0n) is 22.8. The molecule has 0 aliphatic carbocycles. The molecule has 0 saturated heterocycles. The van der Waals surface area contributed by atoms with Crippen molar-refractivity contribution in [3.8, 4) is 17.4 Å². The number of sulfone groups is 1. The van der Waals surface area contributed by atoms with E-state index >= 15 is 0 Å². The SMILES string of the molecule is N#Cc1ccc(S(=O)(=O)c2ccc(-n3c4ccccc4c4c3ccc3c5ccccc5n(-c5ccccc5)c34)cc2)cc1. The molecular weight excluding hydrogens is 550 g/mol. The lowest BCUT2D eigenvalue weighted by Crippen LogP contribution is -2.03. The normalized spacial score (nSPS) is 11.9. The lowest BCUT2D eigenvalue weighted by Gasteiger charge is -2.11. The summed E-state index contributed by atoms with van der Waals surface area (Å²) in [5, 5.41) is 13.7. The number of benzene rings is 6. The number of aromatic nitrogens is 2. The predicted octanol–water partition coefficient (Wildman–Crippen LogP) is 8.59. The maximum absolute atomic E-state index is 13.4. The molecular formula is C37H23N3O2S. The summed E-state index contributed by atoms with van der Waals surface area (Å²) in [4.78, 5) is 0.362. The molecule has 0 fully saturated rings. The van der Waals surface area contributed by atoms with Crippen LogP contribution in [0.5, 0.6) is 0 Å². The predicted molar refractivity (Wildman–Crippen MR) is 172 cm³/mol. The number of para-hydroxylation sites is 3. The van der Waals surface area contributed by atoms with E-state index in [0.717, 1.165) is 44.2 Å². The molecule has 0 saturated carbocycles. The van der Waals surface area contributed by atoms with Gasteiger partial charge in [-0.2, -0.15) is 5.26 Å². The van der Waals surface area contributed by atoms with Crippen molar-refractivity contribution in [2.24, 2.45) is 0 Å². The van der Waals surface area contributed by atoms with Crippen LogP contribution in [0.15, 0.2) is 149 Å². The number of fused-ring (bicyclic) bond motifs is 7. The Hall–Kier alpha value is -5.64. The largest absolute Gasteiger partial charge is 0.309 e. The van der Waals surface area contributed by atoms with Crippen molar-refractivity contribution >= 4 is 53.4 Å². The van der Waals surface area contributed by atoms with Crippen LogP contribution in [0.3, 0.4) is 0 Å². The molecule has 6 aromatic carbocycles. The lowest BCUT2D eigenvalue weighted by atomic mass is 10.1. The molecule has 0 unspecified atom stereocenters. The first-order valence-corrected chi connectivity index (χ1v) is 15.4. The summed E-state index contributed by atoms with van der Waals surface area (Å²) in [6.07, 6.45) is 0. The fourth-order valence-corrected chi connectivity index (χ4v) is 7.51. The van der Waals surface area contributed by atoms with Crippen LogP contribution in [0.2, 0.25) is 0 Å². The molecule has 0 spiro atoms. The quantitative estimate of drug-likeness (QED) is 0.212. The van der Waals surface area contributed by atoms with Gasteiger partial charge in [0.25, 0.3) is 0 Å². The highest BCUT2D eigenvalue weighted by molar-refractivity contribution is 7.91. The van der Waals surface area contributed by atoms with Crippen LogP contribution in [0.4, 0.5) is 0 Å². The molecule has 6 heteroatoms. The van der Waals surface area contributed by atoms with Crippen LogP contribution in [-0.4, -0.2) is 17.6 Å². The highest BCUT2D eigenvalue weighted by Gasteiger charge is 2.22. The van der Waals surface area contributed by atoms with Crippen molar-refractivity contribution in [3.63, 3.8) is 0 Å². The third-order valence-corrected chi connectivity index (χ3v) is 9.97. The van der Waals surface area contributed by atoms with Crippen molar-refractivity contribution in [1.82, 2.24) is 9.13 Å². The molecule has 43 heavy (non-hydrogen) atoms. The van der Waals surface area contributed by atoms with Gasteiger partial charge in [0.15, 0.2) is 0 Å². The van der Waals surface area contributed by atoms with E-state index in [1.807, 2.05) is 30.3 Å². The molecule has 0 bridgehead atoms. The Kier molecular flexibility index (Phi) is 5.52. The van der Waals surface area contributed by atoms with Crippen molar-refractivity contribution in [1.29, 1.82) is 5.26 Å². The molecule has 0 atom stereocenters. The maximum atomic E-state index is 13.4. The smallest absolute Gasteiger partial charge is 0.206 e. The van der Waals surface area contributed by atoms with E-state index in [9.17, 15) is 8.42 Å². The second-order valence-electron chi connectivity index (χ2n) is 10.5. The molecule has 0 N–H and O–H groups in total. The third kappa shape index (κ3) is 3.72. The average molecular weight is 574 g/mol. The Bertz CT molecular complexity index is 2500. The number of nitrogens with zero attached hydrogens (tertiary/aromatic N) is 3. The minimum Gasteiger partial charge on any atom is -0.309 e. The van der Waals surface area contributed by atoms with E-state index < -0.39 is 9.84 Å². The van der Waals surface area contributed by atoms with Crippen LogP contribution in [0.25, 0.3) is 55.0 Å². The highest BCUT2D eigenvalue weighted by atomic mass is 32.2. The minimum atomic E-state index is -3.74. The van der Waals surface area contributed by atoms with Gasteiger partial charge in [0.05, 0.1) is 43.5 Å². The molecule has 0 aliphatic rings. The minimum absolute atomic E-state index is 0.159. The van der Waals surface area contributed by atoms with Gasteiger partial charge < -0.3 is 9.13 Å². The summed E-state index contributed by atoms with van der Waals surface area (Å²) < 4.78 is 31.3. The van der Waals surface area contributed by atoms with Crippen molar-refractivity contribution in [2.45, 2.75) is 9.79 Å². The van der Waals surface area contributed by atoms with E-state index in [1.54, 1.807) is 12.1 Å². The van der Waals surface area contributed by atoms with Crippen LogP contribution >= 0.6 is 0 Å². The first-order valence-electron chi connectivity index (χ1n) is 13.9. The molecule has 2 heterocycles. The van der Waals surface area contributed by atoms with E-state index in [0.29, 0.717) is 5.56 Å². The second-order valence-corrected chi connectivity index (χ2v) is 12.5. The number of hydrogen-bond donors (Lipinski definition) is 0. The van der Waals surface area contributed by atoms with Gasteiger partial charge in [-0.3, -0.25) is 0 Å². The van der Waals surface area contributed by atoms with E-state index in [4.69, 9.17) is 5.26 Å². The summed E-state index contributed by atoms with van der Waals surface area (Å²) >= 11 is 0. The number of nitriles is 1. The Morgan fingerprint density at radius 1 is 0.488 bits per heavy atom. The van der Waals surface area contributed by atoms with Gasteiger partial charge in [-0.05, 0) is 78.9 Å². The summed E-state index contributed by atoms with van der Waals surface area (Å²) in [5.41, 5.74) is 6.74. The summed E-state index contributed by atoms with van der Waals surface area (Å²) in [6.45, 7) is 0. The molecule has 8 rings (SSSR count). The van der Waals surface area contributed by atoms with Crippen LogP contribution in [-0.2, 0) is 9.84 Å². The van der Waals surface area contributed by atoms with E-state index in [-0.39, 0.29) is 9.79 Å². The van der Waals surface area contributed by atoms with Gasteiger partial charge in [0.1, 0.15) is 0 Å². The van der Waals surface area contributed by atoms with Gasteiger partial charge in [-0.1, -0.05) is 60.7 Å². The van der Waals surface area contributed by atoms with E-state index in [2.05, 4.69) is 88.0 Å². The monoisotopic (exact) mass is 573 g/mol. The standard InChI is InChI=1S/C37H23N3O2S/c38-24-25-14-18-28(19-15-25)43(41,42)29-20-16-27(17-21-29)39-34-13-7-5-11-32(34)36-35(39)23-22-31-30-10-4-6-12-33(30)40(37(31)36)26-8-2-1-3-9-26/h1-23H. The molecule has 0 radical (unpaired) electrons. The molecule has 8 aromatic rings.